The Morgan fingerprint density at radius 3 is 2.00 bits per heavy atom. The van der Waals surface area contributed by atoms with Crippen LogP contribution in [0, 0.1) is 6.92 Å². The number of nitrogens with zero attached hydrogens (tertiary/aromatic N) is 2. The first kappa shape index (κ1) is 23.8. The Balaban J connectivity index is 1.78. The fourth-order valence-corrected chi connectivity index (χ4v) is 5.06. The summed E-state index contributed by atoms with van der Waals surface area (Å²) in [6, 6.07) is 36.9. The van der Waals surface area contributed by atoms with E-state index in [0.717, 1.165) is 22.8 Å². The van der Waals surface area contributed by atoms with E-state index in [1.807, 2.05) is 0 Å². The molecule has 0 aliphatic carbocycles. The van der Waals surface area contributed by atoms with Gasteiger partial charge in [-0.15, -0.1) is 0 Å². The van der Waals surface area contributed by atoms with Crippen LogP contribution in [0.2, 0.25) is 0 Å². The van der Waals surface area contributed by atoms with Gasteiger partial charge in [-0.05, 0) is 70.5 Å². The Morgan fingerprint density at radius 2 is 1.28 bits per heavy atom. The minimum Gasteiger partial charge on any atom is -0.294 e. The average molecular weight is 471 g/mol. The van der Waals surface area contributed by atoms with Crippen molar-refractivity contribution in [1.29, 1.82) is 0 Å². The van der Waals surface area contributed by atoms with Crippen molar-refractivity contribution in [2.24, 2.45) is 0 Å². The van der Waals surface area contributed by atoms with Gasteiger partial charge in [-0.25, -0.2) is 4.98 Å². The van der Waals surface area contributed by atoms with Crippen LogP contribution in [0.4, 0.5) is 17.2 Å². The summed E-state index contributed by atoms with van der Waals surface area (Å²) in [6.07, 6.45) is 0. The predicted octanol–water partition coefficient (Wildman–Crippen LogP) is 9.93. The van der Waals surface area contributed by atoms with Crippen molar-refractivity contribution >= 4 is 28.0 Å². The summed E-state index contributed by atoms with van der Waals surface area (Å²) in [4.78, 5) is 7.67. The maximum absolute atomic E-state index is 5.30. The van der Waals surface area contributed by atoms with Gasteiger partial charge in [0.25, 0.3) is 0 Å². The van der Waals surface area contributed by atoms with Gasteiger partial charge in [0.15, 0.2) is 0 Å². The monoisotopic (exact) mass is 470 g/mol. The first-order chi connectivity index (χ1) is 17.4. The molecular weight excluding hydrogens is 436 g/mol. The molecule has 2 heteroatoms. The van der Waals surface area contributed by atoms with E-state index in [1.54, 1.807) is 0 Å². The second kappa shape index (κ2) is 9.99. The van der Waals surface area contributed by atoms with Crippen molar-refractivity contribution in [3.05, 3.63) is 120 Å². The third kappa shape index (κ3) is 4.52. The van der Waals surface area contributed by atoms with Crippen molar-refractivity contribution in [3.8, 4) is 11.3 Å². The van der Waals surface area contributed by atoms with Gasteiger partial charge >= 0.3 is 0 Å². The van der Waals surface area contributed by atoms with Crippen LogP contribution in [-0.2, 0) is 0 Å². The largest absolute Gasteiger partial charge is 0.294 e. The summed E-state index contributed by atoms with van der Waals surface area (Å²) in [5, 5.41) is 2.45. The summed E-state index contributed by atoms with van der Waals surface area (Å²) in [5.41, 5.74) is 8.41. The average Bonchev–Trinajstić information content (AvgIpc) is 2.88. The fraction of sp³-hybridized carbons (Fsp3) is 0.206. The number of benzene rings is 4. The molecule has 0 bridgehead atoms. The lowest BCUT2D eigenvalue weighted by Gasteiger charge is -2.31. The Labute approximate surface area is 215 Å². The molecule has 5 aromatic rings. The minimum absolute atomic E-state index is 0.382. The van der Waals surface area contributed by atoms with Gasteiger partial charge in [-0.2, -0.15) is 0 Å². The van der Waals surface area contributed by atoms with Gasteiger partial charge in [-0.1, -0.05) is 107 Å². The maximum Gasteiger partial charge on any atom is 0.138 e. The van der Waals surface area contributed by atoms with Gasteiger partial charge < -0.3 is 0 Å². The Morgan fingerprint density at radius 1 is 0.639 bits per heavy atom. The maximum atomic E-state index is 5.30. The first-order valence-corrected chi connectivity index (χ1v) is 12.9. The summed E-state index contributed by atoms with van der Waals surface area (Å²) in [6.45, 7) is 11.3. The van der Waals surface area contributed by atoms with Gasteiger partial charge in [0.2, 0.25) is 0 Å². The molecule has 1 aromatic heterocycles. The molecule has 2 nitrogen and oxygen atoms in total. The van der Waals surface area contributed by atoms with Gasteiger partial charge in [0.1, 0.15) is 5.82 Å². The smallest absolute Gasteiger partial charge is 0.138 e. The fourth-order valence-electron chi connectivity index (χ4n) is 5.06. The van der Waals surface area contributed by atoms with E-state index < -0.39 is 0 Å². The second-order valence-corrected chi connectivity index (χ2v) is 10.2. The Hall–Kier alpha value is -3.91. The lowest BCUT2D eigenvalue weighted by molar-refractivity contribution is 0.830. The van der Waals surface area contributed by atoms with Crippen LogP contribution in [0.3, 0.4) is 0 Å². The molecule has 0 saturated heterocycles. The molecule has 4 aromatic carbocycles. The van der Waals surface area contributed by atoms with Gasteiger partial charge in [-0.3, -0.25) is 4.90 Å². The quantitative estimate of drug-likeness (QED) is 0.245. The topological polar surface area (TPSA) is 16.1 Å². The van der Waals surface area contributed by atoms with Crippen molar-refractivity contribution in [1.82, 2.24) is 4.98 Å². The number of aryl methyl sites for hydroxylation is 1. The van der Waals surface area contributed by atoms with Crippen molar-refractivity contribution in [3.63, 3.8) is 0 Å². The highest BCUT2D eigenvalue weighted by molar-refractivity contribution is 5.96. The molecule has 36 heavy (non-hydrogen) atoms. The molecule has 0 aliphatic heterocycles. The van der Waals surface area contributed by atoms with Crippen molar-refractivity contribution < 1.29 is 0 Å². The van der Waals surface area contributed by atoms with Crippen LogP contribution in [0.1, 0.15) is 56.2 Å². The van der Waals surface area contributed by atoms with Crippen LogP contribution in [0.15, 0.2) is 103 Å². The summed E-state index contributed by atoms with van der Waals surface area (Å²) in [5.74, 6) is 1.69. The molecule has 0 spiro atoms. The number of aromatic nitrogens is 1. The van der Waals surface area contributed by atoms with Crippen LogP contribution in [0.5, 0.6) is 0 Å². The number of para-hydroxylation sites is 1. The normalized spacial score (nSPS) is 11.4. The van der Waals surface area contributed by atoms with Crippen LogP contribution in [0.25, 0.3) is 22.0 Å². The molecule has 180 valence electrons. The molecule has 0 atom stereocenters. The molecule has 0 fully saturated rings. The van der Waals surface area contributed by atoms with Gasteiger partial charge in [0.05, 0.1) is 11.4 Å². The zero-order valence-electron chi connectivity index (χ0n) is 21.9. The second-order valence-electron chi connectivity index (χ2n) is 10.2. The van der Waals surface area contributed by atoms with E-state index in [9.17, 15) is 0 Å². The van der Waals surface area contributed by atoms with Crippen molar-refractivity contribution in [2.45, 2.75) is 46.5 Å². The van der Waals surface area contributed by atoms with E-state index in [1.165, 1.54) is 33.2 Å². The summed E-state index contributed by atoms with van der Waals surface area (Å²) < 4.78 is 0. The van der Waals surface area contributed by atoms with E-state index >= 15 is 0 Å². The Bertz CT molecular complexity index is 1480. The number of pyridine rings is 1. The molecule has 0 saturated carbocycles. The lowest BCUT2D eigenvalue weighted by atomic mass is 9.91. The van der Waals surface area contributed by atoms with E-state index in [0.29, 0.717) is 11.8 Å². The molecule has 5 rings (SSSR count). The lowest BCUT2D eigenvalue weighted by Crippen LogP contribution is -2.17. The first-order valence-electron chi connectivity index (χ1n) is 12.9. The predicted molar refractivity (Wildman–Crippen MR) is 155 cm³/mol. The number of fused-ring (bicyclic) bond motifs is 1. The molecule has 0 amide bonds. The molecule has 0 aliphatic rings. The third-order valence-corrected chi connectivity index (χ3v) is 6.86. The minimum atomic E-state index is 0.382. The van der Waals surface area contributed by atoms with Crippen LogP contribution < -0.4 is 4.90 Å². The Kier molecular flexibility index (Phi) is 6.61. The highest BCUT2D eigenvalue weighted by atomic mass is 15.2. The third-order valence-electron chi connectivity index (χ3n) is 6.86. The number of rotatable bonds is 6. The highest BCUT2D eigenvalue weighted by Crippen LogP contribution is 2.43. The van der Waals surface area contributed by atoms with E-state index in [-0.39, 0.29) is 0 Å². The molecule has 1 heterocycles. The number of hydrogen-bond acceptors (Lipinski definition) is 2. The summed E-state index contributed by atoms with van der Waals surface area (Å²) in [7, 11) is 0. The molecule has 0 unspecified atom stereocenters. The van der Waals surface area contributed by atoms with Gasteiger partial charge in [0, 0.05) is 11.3 Å². The zero-order valence-corrected chi connectivity index (χ0v) is 21.9. The standard InChI is InChI=1S/C34H34N2/c1-23(2)28-17-10-18-29(24(3)4)34(28)36(27-15-8-12-25(5)22-27)33-21-11-20-32(35-33)31-19-9-14-26-13-6-7-16-30(26)31/h6-24H,1-5H3. The number of hydrogen-bond donors (Lipinski definition) is 0. The molecular formula is C34H34N2. The SMILES string of the molecule is Cc1cccc(N(c2cccc(-c3cccc4ccccc34)n2)c2c(C(C)C)cccc2C(C)C)c1. The number of anilines is 3. The summed E-state index contributed by atoms with van der Waals surface area (Å²) >= 11 is 0. The van der Waals surface area contributed by atoms with Crippen LogP contribution >= 0.6 is 0 Å². The van der Waals surface area contributed by atoms with E-state index in [4.69, 9.17) is 4.98 Å². The molecule has 0 N–H and O–H groups in total. The van der Waals surface area contributed by atoms with Crippen LogP contribution in [-0.4, -0.2) is 4.98 Å². The molecule has 0 radical (unpaired) electrons. The van der Waals surface area contributed by atoms with Crippen molar-refractivity contribution in [2.75, 3.05) is 4.90 Å². The zero-order chi connectivity index (χ0) is 25.2. The van der Waals surface area contributed by atoms with E-state index in [2.05, 4.69) is 143 Å². The highest BCUT2D eigenvalue weighted by Gasteiger charge is 2.23.